The fraction of sp³-hybridized carbons (Fsp3) is 0.750. The van der Waals surface area contributed by atoms with Crippen molar-refractivity contribution in [3.63, 3.8) is 0 Å². The van der Waals surface area contributed by atoms with Crippen LogP contribution >= 0.6 is 0 Å². The van der Waals surface area contributed by atoms with E-state index in [1.807, 2.05) is 11.7 Å². The molecular weight excluding hydrogens is 202 g/mol. The molecule has 2 unspecified atom stereocenters. The second-order valence-electron chi connectivity index (χ2n) is 4.71. The Hall–Kier alpha value is -0.870. The summed E-state index contributed by atoms with van der Waals surface area (Å²) >= 11 is 0. The lowest BCUT2D eigenvalue weighted by molar-refractivity contribution is 0.178. The number of hydrogen-bond donors (Lipinski definition) is 1. The van der Waals surface area contributed by atoms with Gasteiger partial charge in [0.25, 0.3) is 0 Å². The van der Waals surface area contributed by atoms with Crippen molar-refractivity contribution in [3.05, 3.63) is 17.5 Å². The number of aromatic nitrogens is 2. The van der Waals surface area contributed by atoms with Crippen LogP contribution in [-0.2, 0) is 18.3 Å². The highest BCUT2D eigenvalue weighted by molar-refractivity contribution is 5.14. The Morgan fingerprint density at radius 2 is 2.50 bits per heavy atom. The van der Waals surface area contributed by atoms with Crippen LogP contribution in [-0.4, -0.2) is 29.0 Å². The molecule has 1 N–H and O–H groups in total. The monoisotopic (exact) mass is 223 g/mol. The molecule has 1 aromatic heterocycles. The molecule has 4 nitrogen and oxygen atoms in total. The number of rotatable bonds is 4. The fourth-order valence-corrected chi connectivity index (χ4v) is 2.21. The SMILES string of the molecule is Cc1nn(C)cc1CNC(C)C1CCOC1. The van der Waals surface area contributed by atoms with Gasteiger partial charge in [-0.05, 0) is 26.2 Å². The van der Waals surface area contributed by atoms with E-state index in [4.69, 9.17) is 4.74 Å². The van der Waals surface area contributed by atoms with E-state index in [1.54, 1.807) is 0 Å². The first-order valence-corrected chi connectivity index (χ1v) is 5.97. The second-order valence-corrected chi connectivity index (χ2v) is 4.71. The molecule has 0 aromatic carbocycles. The third-order valence-corrected chi connectivity index (χ3v) is 3.40. The van der Waals surface area contributed by atoms with Crippen molar-refractivity contribution in [1.82, 2.24) is 15.1 Å². The normalized spacial score (nSPS) is 22.6. The molecule has 2 heterocycles. The summed E-state index contributed by atoms with van der Waals surface area (Å²) in [5.74, 6) is 0.664. The average Bonchev–Trinajstić information content (AvgIpc) is 2.84. The summed E-state index contributed by atoms with van der Waals surface area (Å²) in [5.41, 5.74) is 2.40. The maximum Gasteiger partial charge on any atom is 0.0638 e. The van der Waals surface area contributed by atoms with E-state index in [0.29, 0.717) is 12.0 Å². The van der Waals surface area contributed by atoms with Crippen molar-refractivity contribution in [3.8, 4) is 0 Å². The van der Waals surface area contributed by atoms with Crippen LogP contribution in [0, 0.1) is 12.8 Å². The topological polar surface area (TPSA) is 39.1 Å². The van der Waals surface area contributed by atoms with Crippen LogP contribution < -0.4 is 5.32 Å². The zero-order valence-corrected chi connectivity index (χ0v) is 10.4. The van der Waals surface area contributed by atoms with Crippen LogP contribution in [0.3, 0.4) is 0 Å². The Bertz CT molecular complexity index is 342. The van der Waals surface area contributed by atoms with E-state index in [2.05, 4.69) is 30.5 Å². The highest BCUT2D eigenvalue weighted by Gasteiger charge is 2.21. The van der Waals surface area contributed by atoms with Gasteiger partial charge in [0.2, 0.25) is 0 Å². The van der Waals surface area contributed by atoms with Crippen LogP contribution in [0.2, 0.25) is 0 Å². The average molecular weight is 223 g/mol. The van der Waals surface area contributed by atoms with Gasteiger partial charge in [-0.3, -0.25) is 4.68 Å². The zero-order chi connectivity index (χ0) is 11.5. The van der Waals surface area contributed by atoms with E-state index in [-0.39, 0.29) is 0 Å². The van der Waals surface area contributed by atoms with Gasteiger partial charge >= 0.3 is 0 Å². The first-order chi connectivity index (χ1) is 7.66. The van der Waals surface area contributed by atoms with Crippen LogP contribution in [0.4, 0.5) is 0 Å². The summed E-state index contributed by atoms with van der Waals surface area (Å²) in [6, 6.07) is 0.516. The van der Waals surface area contributed by atoms with Crippen molar-refractivity contribution in [1.29, 1.82) is 0 Å². The molecule has 1 fully saturated rings. The summed E-state index contributed by atoms with van der Waals surface area (Å²) in [6.07, 6.45) is 3.26. The van der Waals surface area contributed by atoms with Gasteiger partial charge in [0.05, 0.1) is 12.3 Å². The van der Waals surface area contributed by atoms with Gasteiger partial charge < -0.3 is 10.1 Å². The van der Waals surface area contributed by atoms with Crippen LogP contribution in [0.1, 0.15) is 24.6 Å². The zero-order valence-electron chi connectivity index (χ0n) is 10.4. The third-order valence-electron chi connectivity index (χ3n) is 3.40. The molecular formula is C12H21N3O. The van der Waals surface area contributed by atoms with Gasteiger partial charge in [-0.15, -0.1) is 0 Å². The maximum absolute atomic E-state index is 5.40. The smallest absolute Gasteiger partial charge is 0.0638 e. The summed E-state index contributed by atoms with van der Waals surface area (Å²) in [6.45, 7) is 7.02. The summed E-state index contributed by atoms with van der Waals surface area (Å²) in [5, 5.41) is 7.90. The molecule has 0 amide bonds. The molecule has 0 aliphatic carbocycles. The predicted octanol–water partition coefficient (Wildman–Crippen LogP) is 1.24. The van der Waals surface area contributed by atoms with Crippen molar-refractivity contribution >= 4 is 0 Å². The summed E-state index contributed by atoms with van der Waals surface area (Å²) in [7, 11) is 1.96. The van der Waals surface area contributed by atoms with Gasteiger partial charge in [0.15, 0.2) is 0 Å². The number of aryl methyl sites for hydroxylation is 2. The minimum atomic E-state index is 0.516. The molecule has 2 rings (SSSR count). The van der Waals surface area contributed by atoms with Crippen molar-refractivity contribution in [2.45, 2.75) is 32.9 Å². The molecule has 0 radical (unpaired) electrons. The molecule has 16 heavy (non-hydrogen) atoms. The van der Waals surface area contributed by atoms with Crippen LogP contribution in [0.25, 0.3) is 0 Å². The molecule has 1 aromatic rings. The van der Waals surface area contributed by atoms with E-state index < -0.39 is 0 Å². The lowest BCUT2D eigenvalue weighted by Crippen LogP contribution is -2.33. The lowest BCUT2D eigenvalue weighted by atomic mass is 10.0. The molecule has 90 valence electrons. The first-order valence-electron chi connectivity index (χ1n) is 5.97. The van der Waals surface area contributed by atoms with Gasteiger partial charge in [-0.1, -0.05) is 0 Å². The molecule has 1 aliphatic heterocycles. The fourth-order valence-electron chi connectivity index (χ4n) is 2.21. The van der Waals surface area contributed by atoms with Gasteiger partial charge in [0, 0.05) is 38.0 Å². The minimum absolute atomic E-state index is 0.516. The number of nitrogens with one attached hydrogen (secondary N) is 1. The maximum atomic E-state index is 5.40. The molecule has 1 saturated heterocycles. The van der Waals surface area contributed by atoms with Gasteiger partial charge in [0.1, 0.15) is 0 Å². The Balaban J connectivity index is 1.84. The second kappa shape index (κ2) is 4.97. The number of ether oxygens (including phenoxy) is 1. The lowest BCUT2D eigenvalue weighted by Gasteiger charge is -2.18. The standard InChI is InChI=1S/C12H21N3O/c1-9(11-4-5-16-8-11)13-6-12-7-15(3)14-10(12)2/h7,9,11,13H,4-6,8H2,1-3H3. The molecule has 1 aliphatic rings. The number of nitrogens with zero attached hydrogens (tertiary/aromatic N) is 2. The molecule has 4 heteroatoms. The highest BCUT2D eigenvalue weighted by Crippen LogP contribution is 2.17. The largest absolute Gasteiger partial charge is 0.381 e. The molecule has 0 saturated carbocycles. The molecule has 2 atom stereocenters. The Morgan fingerprint density at radius 1 is 1.69 bits per heavy atom. The van der Waals surface area contributed by atoms with Gasteiger partial charge in [-0.25, -0.2) is 0 Å². The minimum Gasteiger partial charge on any atom is -0.381 e. The Kier molecular flexibility index (Phi) is 3.61. The molecule has 0 spiro atoms. The number of hydrogen-bond acceptors (Lipinski definition) is 3. The van der Waals surface area contributed by atoms with Crippen molar-refractivity contribution in [2.75, 3.05) is 13.2 Å². The van der Waals surface area contributed by atoms with Crippen molar-refractivity contribution in [2.24, 2.45) is 13.0 Å². The first kappa shape index (κ1) is 11.6. The van der Waals surface area contributed by atoms with E-state index in [0.717, 1.165) is 25.5 Å². The van der Waals surface area contributed by atoms with E-state index >= 15 is 0 Å². The Morgan fingerprint density at radius 3 is 3.06 bits per heavy atom. The van der Waals surface area contributed by atoms with Crippen molar-refractivity contribution < 1.29 is 4.74 Å². The van der Waals surface area contributed by atoms with E-state index in [9.17, 15) is 0 Å². The quantitative estimate of drug-likeness (QED) is 0.835. The van der Waals surface area contributed by atoms with E-state index in [1.165, 1.54) is 12.0 Å². The summed E-state index contributed by atoms with van der Waals surface area (Å²) in [4.78, 5) is 0. The van der Waals surface area contributed by atoms with Gasteiger partial charge in [-0.2, -0.15) is 5.10 Å². The molecule has 0 bridgehead atoms. The highest BCUT2D eigenvalue weighted by atomic mass is 16.5. The summed E-state index contributed by atoms with van der Waals surface area (Å²) < 4.78 is 7.27. The predicted molar refractivity (Wildman–Crippen MR) is 63.2 cm³/mol. The third kappa shape index (κ3) is 2.62. The van der Waals surface area contributed by atoms with Crippen LogP contribution in [0.15, 0.2) is 6.20 Å². The van der Waals surface area contributed by atoms with Crippen LogP contribution in [0.5, 0.6) is 0 Å². The Labute approximate surface area is 97.0 Å².